The molecule has 2 aliphatic heterocycles. The highest BCUT2D eigenvalue weighted by atomic mass is 16.5. The van der Waals surface area contributed by atoms with Crippen LogP contribution >= 0.6 is 0 Å². The van der Waals surface area contributed by atoms with Crippen molar-refractivity contribution in [2.24, 2.45) is 7.05 Å². The van der Waals surface area contributed by atoms with E-state index in [4.69, 9.17) is 9.26 Å². The molecule has 0 bridgehead atoms. The number of aromatic nitrogens is 2. The Labute approximate surface area is 180 Å². The molecule has 0 saturated carbocycles. The van der Waals surface area contributed by atoms with Crippen LogP contribution in [0.25, 0.3) is 0 Å². The van der Waals surface area contributed by atoms with Gasteiger partial charge >= 0.3 is 0 Å². The monoisotopic (exact) mass is 428 g/mol. The largest absolute Gasteiger partial charge is 0.383 e. The van der Waals surface area contributed by atoms with E-state index in [1.807, 2.05) is 0 Å². The summed E-state index contributed by atoms with van der Waals surface area (Å²) in [6.45, 7) is 1.97. The molecule has 1 fully saturated rings. The number of fused-ring (bicyclic) bond motifs is 1. The Morgan fingerprint density at radius 2 is 2.16 bits per heavy atom. The molecule has 0 unspecified atom stereocenters. The fourth-order valence-electron chi connectivity index (χ4n) is 4.59. The fourth-order valence-corrected chi connectivity index (χ4v) is 4.59. The molecule has 0 radical (unpaired) electrons. The quantitative estimate of drug-likeness (QED) is 0.684. The molecule has 2 aliphatic rings. The van der Waals surface area contributed by atoms with Crippen LogP contribution in [-0.4, -0.2) is 64.2 Å². The van der Waals surface area contributed by atoms with Crippen molar-refractivity contribution >= 4 is 11.8 Å². The van der Waals surface area contributed by atoms with Crippen LogP contribution in [0, 0.1) is 0 Å². The molecular weight excluding hydrogens is 400 g/mol. The van der Waals surface area contributed by atoms with Crippen molar-refractivity contribution in [3.63, 3.8) is 0 Å². The van der Waals surface area contributed by atoms with E-state index < -0.39 is 0 Å². The zero-order valence-electron chi connectivity index (χ0n) is 18.0. The Balaban J connectivity index is 1.55. The molecule has 1 atom stereocenters. The third-order valence-electron chi connectivity index (χ3n) is 6.21. The van der Waals surface area contributed by atoms with E-state index in [0.29, 0.717) is 51.3 Å². The summed E-state index contributed by atoms with van der Waals surface area (Å²) in [5, 5.41) is 3.66. The number of hydrogen-bond acceptors (Lipinski definition) is 6. The number of likely N-dealkylation sites (tertiary alicyclic amines) is 1. The van der Waals surface area contributed by atoms with Crippen LogP contribution in [0.4, 0.5) is 0 Å². The van der Waals surface area contributed by atoms with Crippen LogP contribution in [0.15, 0.2) is 27.8 Å². The highest BCUT2D eigenvalue weighted by Crippen LogP contribution is 2.25. The van der Waals surface area contributed by atoms with Gasteiger partial charge in [-0.25, -0.2) is 0 Å². The van der Waals surface area contributed by atoms with E-state index >= 15 is 0 Å². The van der Waals surface area contributed by atoms with Crippen molar-refractivity contribution in [1.29, 1.82) is 0 Å². The first-order chi connectivity index (χ1) is 15.0. The maximum atomic E-state index is 13.4. The van der Waals surface area contributed by atoms with E-state index in [9.17, 15) is 14.4 Å². The van der Waals surface area contributed by atoms with Gasteiger partial charge in [-0.05, 0) is 30.4 Å². The van der Waals surface area contributed by atoms with Gasteiger partial charge < -0.3 is 23.6 Å². The third-order valence-corrected chi connectivity index (χ3v) is 6.21. The van der Waals surface area contributed by atoms with E-state index in [1.165, 1.54) is 4.57 Å². The Bertz CT molecular complexity index is 1010. The molecule has 4 heterocycles. The number of ether oxygens (including phenoxy) is 1. The summed E-state index contributed by atoms with van der Waals surface area (Å²) in [6, 6.07) is 1.75. The molecule has 166 valence electrons. The predicted octanol–water partition coefficient (Wildman–Crippen LogP) is 1.14. The molecular formula is C22H28N4O5. The fraction of sp³-hybridized carbons (Fsp3) is 0.545. The smallest absolute Gasteiger partial charge is 0.263 e. The van der Waals surface area contributed by atoms with E-state index in [1.54, 1.807) is 42.4 Å². The second-order valence-electron chi connectivity index (χ2n) is 8.22. The van der Waals surface area contributed by atoms with Crippen LogP contribution in [0.1, 0.15) is 46.5 Å². The number of rotatable bonds is 6. The maximum Gasteiger partial charge on any atom is 0.263 e. The Hall–Kier alpha value is -2.94. The summed E-state index contributed by atoms with van der Waals surface area (Å²) in [5.74, 6) is 0.475. The second kappa shape index (κ2) is 9.05. The SMILES string of the molecule is COC[C@@H]1CCCN1C(=O)c1c2c(cn(C)c1=O)CN(C(=O)CCc1ccno1)CC2. The number of carbonyl (C=O) groups is 2. The number of pyridine rings is 1. The van der Waals surface area contributed by atoms with Gasteiger partial charge in [-0.2, -0.15) is 0 Å². The summed E-state index contributed by atoms with van der Waals surface area (Å²) in [4.78, 5) is 42.6. The molecule has 9 nitrogen and oxygen atoms in total. The normalized spacial score (nSPS) is 18.3. The van der Waals surface area contributed by atoms with Gasteiger partial charge in [-0.3, -0.25) is 14.4 Å². The van der Waals surface area contributed by atoms with Crippen LogP contribution in [0.2, 0.25) is 0 Å². The highest BCUT2D eigenvalue weighted by Gasteiger charge is 2.34. The van der Waals surface area contributed by atoms with Gasteiger partial charge in [0.2, 0.25) is 5.91 Å². The minimum absolute atomic E-state index is 0.00387. The molecule has 1 saturated heterocycles. The van der Waals surface area contributed by atoms with Gasteiger partial charge in [0.05, 0.1) is 18.8 Å². The minimum atomic E-state index is -0.281. The second-order valence-corrected chi connectivity index (χ2v) is 8.22. The van der Waals surface area contributed by atoms with Crippen LogP contribution in [0.3, 0.4) is 0 Å². The van der Waals surface area contributed by atoms with Gasteiger partial charge in [0, 0.05) is 58.9 Å². The molecule has 9 heteroatoms. The lowest BCUT2D eigenvalue weighted by Gasteiger charge is -2.31. The highest BCUT2D eigenvalue weighted by molar-refractivity contribution is 5.96. The van der Waals surface area contributed by atoms with Gasteiger partial charge in [-0.1, -0.05) is 5.16 Å². The van der Waals surface area contributed by atoms with Gasteiger partial charge in [0.1, 0.15) is 11.3 Å². The van der Waals surface area contributed by atoms with Crippen molar-refractivity contribution in [1.82, 2.24) is 19.5 Å². The van der Waals surface area contributed by atoms with E-state index in [0.717, 1.165) is 24.0 Å². The average Bonchev–Trinajstić information content (AvgIpc) is 3.44. The topological polar surface area (TPSA) is 97.9 Å². The molecule has 2 aromatic heterocycles. The third kappa shape index (κ3) is 4.27. The molecule has 0 aromatic carbocycles. The first-order valence-electron chi connectivity index (χ1n) is 10.7. The molecule has 2 aromatic rings. The molecule has 0 spiro atoms. The molecule has 0 N–H and O–H groups in total. The number of nitrogens with zero attached hydrogens (tertiary/aromatic N) is 4. The lowest BCUT2D eigenvalue weighted by molar-refractivity contribution is -0.132. The Morgan fingerprint density at radius 1 is 1.32 bits per heavy atom. The summed E-state index contributed by atoms with van der Waals surface area (Å²) in [7, 11) is 3.28. The van der Waals surface area contributed by atoms with Crippen LogP contribution in [-0.2, 0) is 36.0 Å². The number of carbonyl (C=O) groups excluding carboxylic acids is 2. The van der Waals surface area contributed by atoms with Crippen molar-refractivity contribution in [2.45, 2.75) is 44.7 Å². The van der Waals surface area contributed by atoms with E-state index in [2.05, 4.69) is 5.16 Å². The van der Waals surface area contributed by atoms with Crippen molar-refractivity contribution in [3.8, 4) is 0 Å². The standard InChI is InChI=1S/C22H28N4O5/c1-24-12-15-13-25(19(27)6-5-17-7-9-23-31-17)11-8-18(15)20(21(24)28)22(29)26-10-3-4-16(26)14-30-2/h7,9,12,16H,3-6,8,10-11,13-14H2,1-2H3/t16-/m0/s1. The minimum Gasteiger partial charge on any atom is -0.383 e. The van der Waals surface area contributed by atoms with Crippen molar-refractivity contribution < 1.29 is 18.8 Å². The zero-order valence-corrected chi connectivity index (χ0v) is 18.0. The van der Waals surface area contributed by atoms with Crippen LogP contribution < -0.4 is 5.56 Å². The average molecular weight is 428 g/mol. The van der Waals surface area contributed by atoms with Crippen LogP contribution in [0.5, 0.6) is 0 Å². The van der Waals surface area contributed by atoms with Gasteiger partial charge in [-0.15, -0.1) is 0 Å². The van der Waals surface area contributed by atoms with Crippen molar-refractivity contribution in [3.05, 3.63) is 51.3 Å². The lowest BCUT2D eigenvalue weighted by Crippen LogP contribution is -2.44. The summed E-state index contributed by atoms with van der Waals surface area (Å²) < 4.78 is 11.8. The predicted molar refractivity (Wildman–Crippen MR) is 112 cm³/mol. The Morgan fingerprint density at radius 3 is 2.90 bits per heavy atom. The maximum absolute atomic E-state index is 13.4. The molecule has 4 rings (SSSR count). The van der Waals surface area contributed by atoms with E-state index in [-0.39, 0.29) is 29.0 Å². The number of aryl methyl sites for hydroxylation is 2. The van der Waals surface area contributed by atoms with Gasteiger partial charge in [0.25, 0.3) is 11.5 Å². The number of hydrogen-bond donors (Lipinski definition) is 0. The first kappa shape index (κ1) is 21.3. The Kier molecular flexibility index (Phi) is 6.22. The molecule has 0 aliphatic carbocycles. The summed E-state index contributed by atoms with van der Waals surface area (Å²) in [6.07, 6.45) is 6.41. The number of amides is 2. The molecule has 2 amide bonds. The lowest BCUT2D eigenvalue weighted by atomic mass is 9.95. The summed E-state index contributed by atoms with van der Waals surface area (Å²) >= 11 is 0. The summed E-state index contributed by atoms with van der Waals surface area (Å²) in [5.41, 5.74) is 1.59. The first-order valence-corrected chi connectivity index (χ1v) is 10.7. The zero-order chi connectivity index (χ0) is 22.0. The van der Waals surface area contributed by atoms with Crippen molar-refractivity contribution in [2.75, 3.05) is 26.8 Å². The van der Waals surface area contributed by atoms with Gasteiger partial charge in [0.15, 0.2) is 0 Å². The molecule has 31 heavy (non-hydrogen) atoms. The number of methoxy groups -OCH3 is 1.